The lowest BCUT2D eigenvalue weighted by Crippen LogP contribution is -2.25. The van der Waals surface area contributed by atoms with Crippen molar-refractivity contribution in [2.45, 2.75) is 0 Å². The molecule has 0 aliphatic rings. The van der Waals surface area contributed by atoms with Gasteiger partial charge in [-0.2, -0.15) is 4.98 Å². The van der Waals surface area contributed by atoms with E-state index in [0.717, 1.165) is 32.5 Å². The molecule has 0 saturated heterocycles. The number of rotatable bonds is 3. The highest BCUT2D eigenvalue weighted by Gasteiger charge is 2.19. The van der Waals surface area contributed by atoms with Crippen LogP contribution >= 0.6 is 27.3 Å². The second-order valence-electron chi connectivity index (χ2n) is 7.83. The SMILES string of the molecule is O=c1nc2s/c(=C/c3ccc(Br)cc3)c(=O)n2c2nc(-c3ccccc3)c(-c3ccccc3)nc12. The number of fused-ring (bicyclic) bond motifs is 3. The molecule has 0 aliphatic carbocycles. The number of aromatic nitrogens is 4. The Bertz CT molecular complexity index is 1880. The van der Waals surface area contributed by atoms with Gasteiger partial charge >= 0.3 is 5.56 Å². The minimum Gasteiger partial charge on any atom is -0.267 e. The van der Waals surface area contributed by atoms with E-state index >= 15 is 0 Å². The molecule has 35 heavy (non-hydrogen) atoms. The van der Waals surface area contributed by atoms with Gasteiger partial charge in [0.05, 0.1) is 15.9 Å². The van der Waals surface area contributed by atoms with Crippen LogP contribution in [0.15, 0.2) is 99.0 Å². The van der Waals surface area contributed by atoms with Crippen LogP contribution in [-0.4, -0.2) is 19.4 Å². The largest absolute Gasteiger partial charge is 0.302 e. The summed E-state index contributed by atoms with van der Waals surface area (Å²) in [5.74, 6) is 0. The van der Waals surface area contributed by atoms with Crippen LogP contribution in [0.25, 0.3) is 44.7 Å². The quantitative estimate of drug-likeness (QED) is 0.326. The van der Waals surface area contributed by atoms with Gasteiger partial charge < -0.3 is 0 Å². The zero-order chi connectivity index (χ0) is 23.9. The summed E-state index contributed by atoms with van der Waals surface area (Å²) in [6.07, 6.45) is 1.79. The Kier molecular flexibility index (Phi) is 5.32. The lowest BCUT2D eigenvalue weighted by Gasteiger charge is -2.10. The van der Waals surface area contributed by atoms with Gasteiger partial charge in [-0.1, -0.05) is 100 Å². The molecule has 0 saturated carbocycles. The summed E-state index contributed by atoms with van der Waals surface area (Å²) in [7, 11) is 0. The fourth-order valence-electron chi connectivity index (χ4n) is 3.91. The van der Waals surface area contributed by atoms with Gasteiger partial charge in [0.1, 0.15) is 0 Å². The van der Waals surface area contributed by atoms with Crippen LogP contribution in [0.3, 0.4) is 0 Å². The van der Waals surface area contributed by atoms with Gasteiger partial charge in [-0.05, 0) is 23.8 Å². The highest BCUT2D eigenvalue weighted by Crippen LogP contribution is 2.30. The molecule has 0 N–H and O–H groups in total. The number of benzene rings is 3. The van der Waals surface area contributed by atoms with Crippen molar-refractivity contribution in [3.8, 4) is 22.5 Å². The predicted octanol–water partition coefficient (Wildman–Crippen LogP) is 4.70. The molecule has 6 rings (SSSR count). The van der Waals surface area contributed by atoms with Crippen molar-refractivity contribution < 1.29 is 0 Å². The molecular formula is C27H15BrN4O2S. The Balaban J connectivity index is 1.70. The number of nitrogens with zero attached hydrogens (tertiary/aromatic N) is 4. The van der Waals surface area contributed by atoms with E-state index in [1.54, 1.807) is 6.08 Å². The molecule has 168 valence electrons. The molecule has 3 aromatic carbocycles. The van der Waals surface area contributed by atoms with E-state index in [0.29, 0.717) is 15.9 Å². The number of hydrogen-bond donors (Lipinski definition) is 0. The van der Waals surface area contributed by atoms with Crippen LogP contribution in [0.1, 0.15) is 5.56 Å². The monoisotopic (exact) mass is 538 g/mol. The zero-order valence-corrected chi connectivity index (χ0v) is 20.5. The molecule has 0 bridgehead atoms. The van der Waals surface area contributed by atoms with Crippen molar-refractivity contribution >= 4 is 49.5 Å². The molecular weight excluding hydrogens is 524 g/mol. The average molecular weight is 539 g/mol. The van der Waals surface area contributed by atoms with E-state index in [2.05, 4.69) is 20.9 Å². The Morgan fingerprint density at radius 3 is 1.97 bits per heavy atom. The number of hydrogen-bond acceptors (Lipinski definition) is 6. The first-order chi connectivity index (χ1) is 17.1. The molecule has 0 spiro atoms. The summed E-state index contributed by atoms with van der Waals surface area (Å²) >= 11 is 4.58. The van der Waals surface area contributed by atoms with Crippen molar-refractivity contribution in [3.63, 3.8) is 0 Å². The van der Waals surface area contributed by atoms with Crippen molar-refractivity contribution in [1.82, 2.24) is 19.4 Å². The van der Waals surface area contributed by atoms with Crippen LogP contribution in [0.2, 0.25) is 0 Å². The Morgan fingerprint density at radius 1 is 0.743 bits per heavy atom. The van der Waals surface area contributed by atoms with Gasteiger partial charge in [-0.25, -0.2) is 14.4 Å². The van der Waals surface area contributed by atoms with Gasteiger partial charge in [-0.3, -0.25) is 9.59 Å². The van der Waals surface area contributed by atoms with Crippen LogP contribution in [0.5, 0.6) is 0 Å². The van der Waals surface area contributed by atoms with Crippen LogP contribution in [0.4, 0.5) is 0 Å². The van der Waals surface area contributed by atoms with Gasteiger partial charge in [-0.15, -0.1) is 0 Å². The summed E-state index contributed by atoms with van der Waals surface area (Å²) in [4.78, 5) is 40.5. The average Bonchev–Trinajstić information content (AvgIpc) is 3.20. The van der Waals surface area contributed by atoms with Gasteiger partial charge in [0.2, 0.25) is 4.96 Å². The highest BCUT2D eigenvalue weighted by atomic mass is 79.9. The maximum atomic E-state index is 13.5. The van der Waals surface area contributed by atoms with E-state index in [1.165, 1.54) is 4.40 Å². The molecule has 3 aromatic heterocycles. The van der Waals surface area contributed by atoms with Crippen molar-refractivity contribution in [3.05, 3.63) is 120 Å². The molecule has 3 heterocycles. The van der Waals surface area contributed by atoms with Crippen molar-refractivity contribution in [1.29, 1.82) is 0 Å². The standard InChI is InChI=1S/C27H15BrN4O2S/c28-19-13-11-16(12-14-19)15-20-26(34)32-24-23(25(33)31-27(32)35-20)29-21(17-7-3-1-4-8-17)22(30-24)18-9-5-2-6-10-18/h1-15H/b20-15+. The minimum absolute atomic E-state index is 0.0612. The topological polar surface area (TPSA) is 77.2 Å². The number of halogens is 1. The Hall–Kier alpha value is -4.01. The van der Waals surface area contributed by atoms with E-state index in [-0.39, 0.29) is 21.7 Å². The van der Waals surface area contributed by atoms with Crippen LogP contribution in [0, 0.1) is 0 Å². The lowest BCUT2D eigenvalue weighted by atomic mass is 10.0. The second kappa shape index (κ2) is 8.65. The van der Waals surface area contributed by atoms with Crippen LogP contribution < -0.4 is 15.7 Å². The van der Waals surface area contributed by atoms with Gasteiger partial charge in [0.15, 0.2) is 11.2 Å². The zero-order valence-electron chi connectivity index (χ0n) is 18.1. The summed E-state index contributed by atoms with van der Waals surface area (Å²) in [5.41, 5.74) is 3.14. The second-order valence-corrected chi connectivity index (χ2v) is 9.75. The summed E-state index contributed by atoms with van der Waals surface area (Å²) in [6, 6.07) is 26.8. The molecule has 0 amide bonds. The first kappa shape index (κ1) is 21.5. The first-order valence-corrected chi connectivity index (χ1v) is 12.3. The molecule has 0 radical (unpaired) electrons. The molecule has 6 aromatic rings. The predicted molar refractivity (Wildman–Crippen MR) is 143 cm³/mol. The normalized spacial score (nSPS) is 12.0. The van der Waals surface area contributed by atoms with E-state index in [4.69, 9.17) is 9.97 Å². The molecule has 0 unspecified atom stereocenters. The summed E-state index contributed by atoms with van der Waals surface area (Å²) in [5, 5.41) is 0. The van der Waals surface area contributed by atoms with Crippen molar-refractivity contribution in [2.75, 3.05) is 0 Å². The highest BCUT2D eigenvalue weighted by molar-refractivity contribution is 9.10. The van der Waals surface area contributed by atoms with Crippen molar-refractivity contribution in [2.24, 2.45) is 0 Å². The third-order valence-electron chi connectivity index (χ3n) is 5.56. The van der Waals surface area contributed by atoms with E-state index in [1.807, 2.05) is 84.9 Å². The smallest absolute Gasteiger partial charge is 0.267 e. The fraction of sp³-hybridized carbons (Fsp3) is 0. The van der Waals surface area contributed by atoms with Gasteiger partial charge in [0.25, 0.3) is 5.56 Å². The third-order valence-corrected chi connectivity index (χ3v) is 7.06. The van der Waals surface area contributed by atoms with E-state index in [9.17, 15) is 9.59 Å². The maximum absolute atomic E-state index is 13.5. The van der Waals surface area contributed by atoms with E-state index < -0.39 is 5.56 Å². The molecule has 8 heteroatoms. The first-order valence-electron chi connectivity index (χ1n) is 10.7. The number of thiazole rings is 1. The van der Waals surface area contributed by atoms with Crippen LogP contribution in [-0.2, 0) is 0 Å². The fourth-order valence-corrected chi connectivity index (χ4v) is 5.13. The molecule has 0 atom stereocenters. The summed E-state index contributed by atoms with van der Waals surface area (Å²) < 4.78 is 2.80. The van der Waals surface area contributed by atoms with Gasteiger partial charge in [0, 0.05) is 15.6 Å². The third kappa shape index (κ3) is 3.86. The Labute approximate surface area is 211 Å². The maximum Gasteiger partial charge on any atom is 0.302 e. The lowest BCUT2D eigenvalue weighted by molar-refractivity contribution is 1.07. The molecule has 0 aliphatic heterocycles. The summed E-state index contributed by atoms with van der Waals surface area (Å²) in [6.45, 7) is 0. The molecule has 0 fully saturated rings. The minimum atomic E-state index is -0.513. The molecule has 6 nitrogen and oxygen atoms in total. The Morgan fingerprint density at radius 2 is 1.34 bits per heavy atom.